The molecule has 4 heteroatoms. The molecule has 2 aromatic rings. The van der Waals surface area contributed by atoms with Crippen LogP contribution < -0.4 is 4.90 Å². The number of carbonyl (C=O) groups excluding carboxylic acids is 2. The summed E-state index contributed by atoms with van der Waals surface area (Å²) in [6, 6.07) is 12.7. The van der Waals surface area contributed by atoms with Crippen molar-refractivity contribution in [1.29, 1.82) is 0 Å². The van der Waals surface area contributed by atoms with Crippen LogP contribution in [0.2, 0.25) is 0 Å². The molecule has 1 heterocycles. The summed E-state index contributed by atoms with van der Waals surface area (Å²) in [4.78, 5) is 26.6. The minimum Gasteiger partial charge on any atom is -0.375 e. The van der Waals surface area contributed by atoms with Crippen LogP contribution in [0.4, 0.5) is 5.69 Å². The summed E-state index contributed by atoms with van der Waals surface area (Å²) in [5.74, 6) is -0.690. The van der Waals surface area contributed by atoms with Crippen molar-refractivity contribution >= 4 is 17.4 Å². The fourth-order valence-electron chi connectivity index (χ4n) is 3.15. The second-order valence-corrected chi connectivity index (χ2v) is 6.16. The van der Waals surface area contributed by atoms with E-state index in [1.807, 2.05) is 26.0 Å². The average molecular weight is 309 g/mol. The number of aryl methyl sites for hydroxylation is 2. The molecule has 23 heavy (non-hydrogen) atoms. The maximum absolute atomic E-state index is 12.7. The molecule has 0 aromatic heterocycles. The van der Waals surface area contributed by atoms with Gasteiger partial charge in [-0.1, -0.05) is 35.9 Å². The van der Waals surface area contributed by atoms with Gasteiger partial charge in [0.15, 0.2) is 11.4 Å². The first-order chi connectivity index (χ1) is 10.8. The highest BCUT2D eigenvalue weighted by molar-refractivity contribution is 6.10. The van der Waals surface area contributed by atoms with Gasteiger partial charge in [-0.3, -0.25) is 9.59 Å². The highest BCUT2D eigenvalue weighted by Gasteiger charge is 2.49. The van der Waals surface area contributed by atoms with E-state index in [0.717, 1.165) is 11.1 Å². The van der Waals surface area contributed by atoms with Gasteiger partial charge in [-0.15, -0.1) is 0 Å². The first kappa shape index (κ1) is 15.4. The monoisotopic (exact) mass is 309 g/mol. The Morgan fingerprint density at radius 1 is 1.17 bits per heavy atom. The van der Waals surface area contributed by atoms with Gasteiger partial charge in [0, 0.05) is 18.2 Å². The van der Waals surface area contributed by atoms with E-state index in [0.29, 0.717) is 16.8 Å². The van der Waals surface area contributed by atoms with Gasteiger partial charge >= 0.3 is 0 Å². The average Bonchev–Trinajstić information content (AvgIpc) is 2.72. The quantitative estimate of drug-likeness (QED) is 0.887. The van der Waals surface area contributed by atoms with E-state index in [2.05, 4.69) is 0 Å². The molecule has 0 saturated carbocycles. The number of likely N-dealkylation sites (N-methyl/N-ethyl adjacent to an activating group) is 1. The number of para-hydroxylation sites is 1. The van der Waals surface area contributed by atoms with E-state index in [1.54, 1.807) is 37.4 Å². The first-order valence-corrected chi connectivity index (χ1v) is 7.55. The highest BCUT2D eigenvalue weighted by Crippen LogP contribution is 2.42. The van der Waals surface area contributed by atoms with Crippen LogP contribution in [0.15, 0.2) is 42.5 Å². The van der Waals surface area contributed by atoms with Crippen molar-refractivity contribution in [3.63, 3.8) is 0 Å². The molecule has 0 unspecified atom stereocenters. The number of anilines is 1. The van der Waals surface area contributed by atoms with Gasteiger partial charge in [-0.25, -0.2) is 0 Å². The smallest absolute Gasteiger partial charge is 0.263 e. The molecule has 118 valence electrons. The zero-order valence-corrected chi connectivity index (χ0v) is 13.5. The molecule has 4 nitrogen and oxygen atoms in total. The molecular weight excluding hydrogens is 290 g/mol. The van der Waals surface area contributed by atoms with E-state index in [9.17, 15) is 14.7 Å². The number of rotatable bonds is 3. The summed E-state index contributed by atoms with van der Waals surface area (Å²) in [7, 11) is 1.61. The molecule has 1 N–H and O–H groups in total. The summed E-state index contributed by atoms with van der Waals surface area (Å²) >= 11 is 0. The fraction of sp³-hybridized carbons (Fsp3) is 0.263. The van der Waals surface area contributed by atoms with E-state index in [-0.39, 0.29) is 12.2 Å². The number of ketones is 1. The van der Waals surface area contributed by atoms with Crippen molar-refractivity contribution in [2.24, 2.45) is 0 Å². The summed E-state index contributed by atoms with van der Waals surface area (Å²) in [6.07, 6.45) is -0.253. The predicted octanol–water partition coefficient (Wildman–Crippen LogP) is 2.74. The van der Waals surface area contributed by atoms with Crippen LogP contribution in [-0.4, -0.2) is 23.8 Å². The number of carbonyl (C=O) groups is 2. The van der Waals surface area contributed by atoms with Crippen LogP contribution in [0.3, 0.4) is 0 Å². The molecule has 1 aliphatic rings. The molecule has 0 radical (unpaired) electrons. The summed E-state index contributed by atoms with van der Waals surface area (Å²) in [5, 5.41) is 11.0. The Labute approximate surface area is 135 Å². The van der Waals surface area contributed by atoms with Crippen LogP contribution in [0.5, 0.6) is 0 Å². The lowest BCUT2D eigenvalue weighted by Crippen LogP contribution is -2.40. The van der Waals surface area contributed by atoms with Gasteiger partial charge in [0.05, 0.1) is 12.1 Å². The molecule has 3 rings (SSSR count). The molecule has 1 aliphatic heterocycles. The molecule has 2 aromatic carbocycles. The Morgan fingerprint density at radius 2 is 1.87 bits per heavy atom. The number of aliphatic hydroxyl groups is 1. The number of fused-ring (bicyclic) bond motifs is 1. The number of nitrogens with zero attached hydrogens (tertiary/aromatic N) is 1. The topological polar surface area (TPSA) is 57.6 Å². The lowest BCUT2D eigenvalue weighted by Gasteiger charge is -2.21. The number of hydrogen-bond acceptors (Lipinski definition) is 3. The van der Waals surface area contributed by atoms with E-state index in [1.165, 1.54) is 4.90 Å². The molecular formula is C19H19NO3. The van der Waals surface area contributed by atoms with Gasteiger partial charge in [0.25, 0.3) is 5.91 Å². The standard InChI is InChI=1S/C19H19NO3/c1-12-8-9-13(2)14(10-12)17(21)11-19(23)15-6-4-5-7-16(15)20(3)18(19)22/h4-10,23H,11H2,1-3H3/t19-/m0/s1. The van der Waals surface area contributed by atoms with Crippen LogP contribution in [-0.2, 0) is 10.4 Å². The van der Waals surface area contributed by atoms with E-state index >= 15 is 0 Å². The third kappa shape index (κ3) is 2.35. The molecule has 0 bridgehead atoms. The van der Waals surface area contributed by atoms with E-state index < -0.39 is 11.5 Å². The number of Topliss-reactive ketones (excluding diaryl/α,β-unsaturated/α-hetero) is 1. The molecule has 1 amide bonds. The van der Waals surface area contributed by atoms with Crippen LogP contribution >= 0.6 is 0 Å². The number of hydrogen-bond donors (Lipinski definition) is 1. The zero-order valence-electron chi connectivity index (χ0n) is 13.5. The Hall–Kier alpha value is -2.46. The van der Waals surface area contributed by atoms with Crippen LogP contribution in [0, 0.1) is 13.8 Å². The Bertz CT molecular complexity index is 812. The van der Waals surface area contributed by atoms with Crippen molar-refractivity contribution in [3.8, 4) is 0 Å². The summed E-state index contributed by atoms with van der Waals surface area (Å²) in [6.45, 7) is 3.77. The molecule has 1 atom stereocenters. The Morgan fingerprint density at radius 3 is 2.61 bits per heavy atom. The van der Waals surface area contributed by atoms with Gasteiger partial charge in [-0.2, -0.15) is 0 Å². The van der Waals surface area contributed by atoms with Gasteiger partial charge in [-0.05, 0) is 31.5 Å². The molecule has 0 spiro atoms. The largest absolute Gasteiger partial charge is 0.375 e. The zero-order chi connectivity index (χ0) is 16.8. The summed E-state index contributed by atoms with van der Waals surface area (Å²) < 4.78 is 0. The second-order valence-electron chi connectivity index (χ2n) is 6.16. The second kappa shape index (κ2) is 5.32. The Balaban J connectivity index is 2.00. The van der Waals surface area contributed by atoms with Crippen LogP contribution in [0.25, 0.3) is 0 Å². The van der Waals surface area contributed by atoms with Gasteiger partial charge < -0.3 is 10.0 Å². The number of amides is 1. The fourth-order valence-corrected chi connectivity index (χ4v) is 3.15. The Kier molecular flexibility index (Phi) is 3.57. The van der Waals surface area contributed by atoms with Crippen molar-refractivity contribution in [2.75, 3.05) is 11.9 Å². The van der Waals surface area contributed by atoms with Crippen LogP contribution in [0.1, 0.15) is 33.5 Å². The van der Waals surface area contributed by atoms with Gasteiger partial charge in [0.1, 0.15) is 0 Å². The van der Waals surface area contributed by atoms with Crippen molar-refractivity contribution in [2.45, 2.75) is 25.9 Å². The third-order valence-corrected chi connectivity index (χ3v) is 4.48. The maximum atomic E-state index is 12.7. The third-order valence-electron chi connectivity index (χ3n) is 4.48. The lowest BCUT2D eigenvalue weighted by molar-refractivity contribution is -0.135. The van der Waals surface area contributed by atoms with E-state index in [4.69, 9.17) is 0 Å². The highest BCUT2D eigenvalue weighted by atomic mass is 16.3. The first-order valence-electron chi connectivity index (χ1n) is 7.55. The lowest BCUT2D eigenvalue weighted by atomic mass is 9.87. The molecule has 0 fully saturated rings. The van der Waals surface area contributed by atoms with Crippen molar-refractivity contribution in [3.05, 3.63) is 64.7 Å². The molecule has 0 saturated heterocycles. The molecule has 0 aliphatic carbocycles. The summed E-state index contributed by atoms with van der Waals surface area (Å²) in [5.41, 5.74) is 1.72. The minimum atomic E-state index is -1.79. The SMILES string of the molecule is Cc1ccc(C)c(C(=O)C[C@@]2(O)C(=O)N(C)c3ccccc32)c1. The van der Waals surface area contributed by atoms with Crippen molar-refractivity contribution in [1.82, 2.24) is 0 Å². The predicted molar refractivity (Wildman–Crippen MR) is 88.6 cm³/mol. The maximum Gasteiger partial charge on any atom is 0.263 e. The van der Waals surface area contributed by atoms with Crippen molar-refractivity contribution < 1.29 is 14.7 Å². The minimum absolute atomic E-state index is 0.229. The van der Waals surface area contributed by atoms with Gasteiger partial charge in [0.2, 0.25) is 0 Å². The normalized spacial score (nSPS) is 19.8. The number of benzene rings is 2.